The molecule has 0 spiro atoms. The fourth-order valence-corrected chi connectivity index (χ4v) is 5.02. The quantitative estimate of drug-likeness (QED) is 0.162. The van der Waals surface area contributed by atoms with Gasteiger partial charge in [0.05, 0.1) is 36.6 Å². The number of rotatable bonds is 12. The second-order valence-electron chi connectivity index (χ2n) is 10.7. The summed E-state index contributed by atoms with van der Waals surface area (Å²) in [6, 6.07) is 31.9. The smallest absolute Gasteiger partial charge is 0.251 e. The Labute approximate surface area is 253 Å². The highest BCUT2D eigenvalue weighted by atomic mass is 16.5. The molecule has 1 heterocycles. The number of fused-ring (bicyclic) bond motifs is 1. The molecule has 43 heavy (non-hydrogen) atoms. The van der Waals surface area contributed by atoms with Crippen molar-refractivity contribution in [3.05, 3.63) is 108 Å². The van der Waals surface area contributed by atoms with Gasteiger partial charge in [-0.25, -0.2) is 9.97 Å². The van der Waals surface area contributed by atoms with Crippen LogP contribution in [-0.4, -0.2) is 54.1 Å². The van der Waals surface area contributed by atoms with E-state index in [0.29, 0.717) is 29.2 Å². The van der Waals surface area contributed by atoms with E-state index >= 15 is 0 Å². The van der Waals surface area contributed by atoms with Gasteiger partial charge in [0.25, 0.3) is 5.91 Å². The van der Waals surface area contributed by atoms with Gasteiger partial charge in [-0.2, -0.15) is 0 Å². The Hall–Kier alpha value is -4.75. The fourth-order valence-electron chi connectivity index (χ4n) is 5.02. The SMILES string of the molecule is COc1ccc(-c2nc3ccc(C(=O)NCCCN(Cc4ccccc4)C(C)C)cc3nc2-c2ccc(OC)cc2)cc1. The molecular weight excluding hydrogens is 536 g/mol. The average Bonchev–Trinajstić information content (AvgIpc) is 3.05. The normalized spacial score (nSPS) is 11.2. The van der Waals surface area contributed by atoms with E-state index < -0.39 is 0 Å². The van der Waals surface area contributed by atoms with Gasteiger partial charge in [-0.05, 0) is 92.6 Å². The van der Waals surface area contributed by atoms with E-state index in [1.54, 1.807) is 14.2 Å². The van der Waals surface area contributed by atoms with Gasteiger partial charge in [0.1, 0.15) is 11.5 Å². The summed E-state index contributed by atoms with van der Waals surface area (Å²) in [6.07, 6.45) is 0.858. The van der Waals surface area contributed by atoms with Gasteiger partial charge in [0, 0.05) is 42.4 Å². The number of aromatic nitrogens is 2. The summed E-state index contributed by atoms with van der Waals surface area (Å²) in [7, 11) is 3.29. The number of carbonyl (C=O) groups is 1. The van der Waals surface area contributed by atoms with Crippen molar-refractivity contribution < 1.29 is 14.3 Å². The number of carbonyl (C=O) groups excluding carboxylic acids is 1. The molecule has 1 N–H and O–H groups in total. The molecule has 0 aliphatic heterocycles. The van der Waals surface area contributed by atoms with Gasteiger partial charge < -0.3 is 14.8 Å². The molecule has 1 amide bonds. The molecule has 5 aromatic rings. The second kappa shape index (κ2) is 13.9. The first-order valence-electron chi connectivity index (χ1n) is 14.6. The largest absolute Gasteiger partial charge is 0.497 e. The predicted molar refractivity (Wildman–Crippen MR) is 172 cm³/mol. The minimum atomic E-state index is -0.118. The highest BCUT2D eigenvalue weighted by molar-refractivity contribution is 5.98. The van der Waals surface area contributed by atoms with Crippen molar-refractivity contribution in [2.75, 3.05) is 27.3 Å². The van der Waals surface area contributed by atoms with E-state index in [2.05, 4.69) is 48.3 Å². The Balaban J connectivity index is 1.34. The minimum Gasteiger partial charge on any atom is -0.497 e. The van der Waals surface area contributed by atoms with E-state index in [0.717, 1.165) is 53.5 Å². The van der Waals surface area contributed by atoms with Crippen molar-refractivity contribution in [1.29, 1.82) is 0 Å². The first-order chi connectivity index (χ1) is 20.9. The number of amides is 1. The van der Waals surface area contributed by atoms with Gasteiger partial charge in [-0.1, -0.05) is 30.3 Å². The molecule has 4 aromatic carbocycles. The predicted octanol–water partition coefficient (Wildman–Crippen LogP) is 7.01. The van der Waals surface area contributed by atoms with E-state index in [4.69, 9.17) is 19.4 Å². The van der Waals surface area contributed by atoms with Crippen LogP contribution in [0.3, 0.4) is 0 Å². The molecular formula is C36H38N4O3. The van der Waals surface area contributed by atoms with Crippen LogP contribution in [0.2, 0.25) is 0 Å². The van der Waals surface area contributed by atoms with Gasteiger partial charge in [0.15, 0.2) is 0 Å². The van der Waals surface area contributed by atoms with Crippen molar-refractivity contribution in [3.63, 3.8) is 0 Å². The summed E-state index contributed by atoms with van der Waals surface area (Å²) in [5.41, 5.74) is 6.53. The monoisotopic (exact) mass is 574 g/mol. The Morgan fingerprint density at radius 1 is 0.767 bits per heavy atom. The molecule has 0 unspecified atom stereocenters. The van der Waals surface area contributed by atoms with Crippen LogP contribution in [0.5, 0.6) is 11.5 Å². The van der Waals surface area contributed by atoms with E-state index in [-0.39, 0.29) is 5.91 Å². The summed E-state index contributed by atoms with van der Waals surface area (Å²) in [5, 5.41) is 3.09. The van der Waals surface area contributed by atoms with E-state index in [1.807, 2.05) is 72.8 Å². The lowest BCUT2D eigenvalue weighted by Gasteiger charge is -2.26. The first kappa shape index (κ1) is 29.7. The third-order valence-electron chi connectivity index (χ3n) is 7.52. The second-order valence-corrected chi connectivity index (χ2v) is 10.7. The summed E-state index contributed by atoms with van der Waals surface area (Å²) >= 11 is 0. The number of nitrogens with one attached hydrogen (secondary N) is 1. The van der Waals surface area contributed by atoms with Gasteiger partial charge in [0.2, 0.25) is 0 Å². The van der Waals surface area contributed by atoms with Gasteiger partial charge >= 0.3 is 0 Å². The Morgan fingerprint density at radius 3 is 1.91 bits per heavy atom. The molecule has 5 rings (SSSR count). The Bertz CT molecular complexity index is 1650. The molecule has 0 atom stereocenters. The summed E-state index contributed by atoms with van der Waals surface area (Å²) in [6.45, 7) is 6.80. The van der Waals surface area contributed by atoms with Crippen LogP contribution in [-0.2, 0) is 6.54 Å². The van der Waals surface area contributed by atoms with Crippen LogP contribution in [0.4, 0.5) is 0 Å². The van der Waals surface area contributed by atoms with Crippen LogP contribution in [0.25, 0.3) is 33.5 Å². The van der Waals surface area contributed by atoms with Gasteiger partial charge in [-0.15, -0.1) is 0 Å². The molecule has 0 bridgehead atoms. The van der Waals surface area contributed by atoms with Crippen LogP contribution >= 0.6 is 0 Å². The van der Waals surface area contributed by atoms with Crippen LogP contribution in [0.15, 0.2) is 97.1 Å². The highest BCUT2D eigenvalue weighted by Gasteiger charge is 2.16. The zero-order chi connectivity index (χ0) is 30.2. The van der Waals surface area contributed by atoms with Crippen molar-refractivity contribution in [2.45, 2.75) is 32.9 Å². The highest BCUT2D eigenvalue weighted by Crippen LogP contribution is 2.33. The molecule has 0 aliphatic carbocycles. The molecule has 0 saturated heterocycles. The Morgan fingerprint density at radius 2 is 1.35 bits per heavy atom. The van der Waals surface area contributed by atoms with Crippen LogP contribution < -0.4 is 14.8 Å². The zero-order valence-electron chi connectivity index (χ0n) is 25.2. The maximum absolute atomic E-state index is 13.1. The lowest BCUT2D eigenvalue weighted by molar-refractivity contribution is 0.0950. The third kappa shape index (κ3) is 7.37. The molecule has 220 valence electrons. The molecule has 0 radical (unpaired) electrons. The van der Waals surface area contributed by atoms with Crippen molar-refractivity contribution in [2.24, 2.45) is 0 Å². The third-order valence-corrected chi connectivity index (χ3v) is 7.52. The summed E-state index contributed by atoms with van der Waals surface area (Å²) < 4.78 is 10.7. The molecule has 0 aliphatic rings. The van der Waals surface area contributed by atoms with E-state index in [9.17, 15) is 4.79 Å². The molecule has 7 heteroatoms. The number of methoxy groups -OCH3 is 2. The average molecular weight is 575 g/mol. The van der Waals surface area contributed by atoms with Crippen molar-refractivity contribution in [1.82, 2.24) is 20.2 Å². The lowest BCUT2D eigenvalue weighted by atomic mass is 10.0. The fraction of sp³-hybridized carbons (Fsp3) is 0.250. The maximum atomic E-state index is 13.1. The van der Waals surface area contributed by atoms with Crippen LogP contribution in [0.1, 0.15) is 36.2 Å². The number of hydrogen-bond donors (Lipinski definition) is 1. The van der Waals surface area contributed by atoms with Crippen LogP contribution in [0, 0.1) is 0 Å². The van der Waals surface area contributed by atoms with Crippen molar-refractivity contribution >= 4 is 16.9 Å². The number of hydrogen-bond acceptors (Lipinski definition) is 6. The zero-order valence-corrected chi connectivity index (χ0v) is 25.2. The molecule has 1 aromatic heterocycles. The first-order valence-corrected chi connectivity index (χ1v) is 14.6. The topological polar surface area (TPSA) is 76.6 Å². The number of nitrogens with zero attached hydrogens (tertiary/aromatic N) is 3. The standard InChI is InChI=1S/C36H38N4O3/c1-25(2)40(24-26-9-6-5-7-10-26)22-8-21-37-36(41)29-15-20-32-33(23-29)39-35(28-13-18-31(43-4)19-14-28)34(38-32)27-11-16-30(42-3)17-12-27/h5-7,9-20,23,25H,8,21-22,24H2,1-4H3,(H,37,41). The Kier molecular flexibility index (Phi) is 9.64. The van der Waals surface area contributed by atoms with Crippen molar-refractivity contribution in [3.8, 4) is 34.0 Å². The van der Waals surface area contributed by atoms with Gasteiger partial charge in [-0.3, -0.25) is 9.69 Å². The van der Waals surface area contributed by atoms with E-state index in [1.165, 1.54) is 5.56 Å². The maximum Gasteiger partial charge on any atom is 0.251 e. The molecule has 0 saturated carbocycles. The molecule has 7 nitrogen and oxygen atoms in total. The molecule has 0 fully saturated rings. The number of benzene rings is 4. The summed E-state index contributed by atoms with van der Waals surface area (Å²) in [5.74, 6) is 1.42. The number of ether oxygens (including phenoxy) is 2. The summed E-state index contributed by atoms with van der Waals surface area (Å²) in [4.78, 5) is 25.6. The minimum absolute atomic E-state index is 0.118. The lowest BCUT2D eigenvalue weighted by Crippen LogP contribution is -2.34.